The average molecular weight is 542 g/mol. The molecule has 3 rings (SSSR count). The highest BCUT2D eigenvalue weighted by atomic mass is 35.5. The van der Waals surface area contributed by atoms with E-state index in [0.717, 1.165) is 6.42 Å². The van der Waals surface area contributed by atoms with Gasteiger partial charge < -0.3 is 21.7 Å². The van der Waals surface area contributed by atoms with Gasteiger partial charge in [0.05, 0.1) is 15.6 Å². The second kappa shape index (κ2) is 15.1. The topological polar surface area (TPSA) is 114 Å². The molecule has 0 aliphatic carbocycles. The number of hydrogen-bond acceptors (Lipinski definition) is 5. The minimum Gasteiger partial charge on any atom is -0.398 e. The smallest absolute Gasteiger partial charge is 0.246 e. The van der Waals surface area contributed by atoms with Gasteiger partial charge >= 0.3 is 0 Å². The summed E-state index contributed by atoms with van der Waals surface area (Å²) < 4.78 is 26.6. The summed E-state index contributed by atoms with van der Waals surface area (Å²) in [7, 11) is 0. The Morgan fingerprint density at radius 1 is 1.22 bits per heavy atom. The molecule has 1 fully saturated rings. The highest BCUT2D eigenvalue weighted by molar-refractivity contribution is 6.41. The molecule has 0 saturated carbocycles. The summed E-state index contributed by atoms with van der Waals surface area (Å²) in [5.74, 6) is -1.63. The number of anilines is 2. The molecule has 0 spiro atoms. The van der Waals surface area contributed by atoms with Crippen LogP contribution in [0.4, 0.5) is 20.2 Å². The molecule has 0 aromatic heterocycles. The number of nitrogens with one attached hydrogen (secondary N) is 1. The first-order chi connectivity index (χ1) is 17.0. The number of hydrogen-bond donors (Lipinski definition) is 3. The summed E-state index contributed by atoms with van der Waals surface area (Å²) >= 11 is 10.9. The molecule has 1 unspecified atom stereocenters. The molecule has 5 N–H and O–H groups in total. The van der Waals surface area contributed by atoms with Crippen molar-refractivity contribution in [2.75, 3.05) is 30.7 Å². The highest BCUT2D eigenvalue weighted by Gasteiger charge is 2.25. The maximum absolute atomic E-state index is 14.4. The Kier molecular flexibility index (Phi) is 12.9. The van der Waals surface area contributed by atoms with E-state index in [9.17, 15) is 18.4 Å². The molecule has 0 bridgehead atoms. The maximum Gasteiger partial charge on any atom is 0.246 e. The Balaban J connectivity index is 0.000000491. The number of likely N-dealkylation sites (tertiary alicyclic amines) is 1. The molecule has 1 aliphatic rings. The van der Waals surface area contributed by atoms with Crippen molar-refractivity contribution in [2.45, 2.75) is 33.2 Å². The van der Waals surface area contributed by atoms with E-state index in [2.05, 4.69) is 16.9 Å². The first kappa shape index (κ1) is 30.9. The van der Waals surface area contributed by atoms with Crippen LogP contribution in [0.25, 0.3) is 0 Å². The molecule has 1 aliphatic heterocycles. The van der Waals surface area contributed by atoms with Gasteiger partial charge in [-0.05, 0) is 49.8 Å². The largest absolute Gasteiger partial charge is 0.398 e. The van der Waals surface area contributed by atoms with E-state index in [1.54, 1.807) is 17.9 Å². The Bertz CT molecular complexity index is 1090. The first-order valence-corrected chi connectivity index (χ1v) is 11.9. The second-order valence-corrected chi connectivity index (χ2v) is 8.28. The van der Waals surface area contributed by atoms with Crippen LogP contribution in [0, 0.1) is 11.6 Å². The maximum atomic E-state index is 14.4. The molecular formula is C25H31Cl2F2N5O2. The quantitative estimate of drug-likeness (QED) is 0.205. The van der Waals surface area contributed by atoms with Crippen LogP contribution in [0.5, 0.6) is 0 Å². The van der Waals surface area contributed by atoms with Gasteiger partial charge in [0.15, 0.2) is 0 Å². The predicted octanol–water partition coefficient (Wildman–Crippen LogP) is 5.06. The Labute approximate surface area is 220 Å². The predicted molar refractivity (Wildman–Crippen MR) is 144 cm³/mol. The zero-order chi connectivity index (χ0) is 27.4. The van der Waals surface area contributed by atoms with E-state index in [-0.39, 0.29) is 40.6 Å². The van der Waals surface area contributed by atoms with Crippen LogP contribution in [-0.2, 0) is 9.59 Å². The van der Waals surface area contributed by atoms with Crippen LogP contribution in [-0.4, -0.2) is 48.1 Å². The number of carbonyl (C=O) groups is 2. The van der Waals surface area contributed by atoms with E-state index in [1.807, 2.05) is 13.8 Å². The minimum atomic E-state index is -0.600. The van der Waals surface area contributed by atoms with Crippen LogP contribution in [0.2, 0.25) is 10.0 Å². The summed E-state index contributed by atoms with van der Waals surface area (Å²) in [6.07, 6.45) is 2.03. The number of amides is 2. The van der Waals surface area contributed by atoms with Crippen molar-refractivity contribution in [3.05, 3.63) is 70.2 Å². The minimum absolute atomic E-state index is 0.0122. The van der Waals surface area contributed by atoms with Gasteiger partial charge in [0, 0.05) is 36.2 Å². The molecule has 1 heterocycles. The van der Waals surface area contributed by atoms with Crippen LogP contribution < -0.4 is 16.8 Å². The van der Waals surface area contributed by atoms with Gasteiger partial charge in [0.2, 0.25) is 11.8 Å². The van der Waals surface area contributed by atoms with Crippen LogP contribution in [0.1, 0.15) is 32.8 Å². The molecule has 196 valence electrons. The van der Waals surface area contributed by atoms with Crippen molar-refractivity contribution in [1.82, 2.24) is 4.90 Å². The van der Waals surface area contributed by atoms with Crippen LogP contribution in [0.3, 0.4) is 0 Å². The zero-order valence-corrected chi connectivity index (χ0v) is 22.0. The van der Waals surface area contributed by atoms with Gasteiger partial charge in [-0.15, -0.1) is 0 Å². The van der Waals surface area contributed by atoms with Gasteiger partial charge in [-0.2, -0.15) is 0 Å². The standard InChI is InChI=1S/C17H22FN5O2.C6H3Cl2F.C2H6/c1-3-16(25)23-5-4-11(9-23)22-12-6-13(18)17(14(19)7-12)10(2)21-8-15(20)24;7-5-2-1-4(9)3-6(5)8;1-2/h3,6-7,11,22H,1,4-5,8-9,19H2,2H3,(H2,20,24);1-3H;1-2H3. The fourth-order valence-electron chi connectivity index (χ4n) is 3.28. The summed E-state index contributed by atoms with van der Waals surface area (Å²) in [5, 5.41) is 3.81. The van der Waals surface area contributed by atoms with Gasteiger partial charge in [0.1, 0.15) is 18.2 Å². The third-order valence-corrected chi connectivity index (χ3v) is 5.62. The van der Waals surface area contributed by atoms with Gasteiger partial charge in [-0.25, -0.2) is 8.78 Å². The van der Waals surface area contributed by atoms with Crippen molar-refractivity contribution in [2.24, 2.45) is 10.7 Å². The molecule has 11 heteroatoms. The summed E-state index contributed by atoms with van der Waals surface area (Å²) in [5.41, 5.74) is 12.2. The number of nitrogens with zero attached hydrogens (tertiary/aromatic N) is 2. The number of nitrogens with two attached hydrogens (primary N) is 2. The number of primary amides is 1. The van der Waals surface area contributed by atoms with Crippen molar-refractivity contribution >= 4 is 52.1 Å². The molecule has 1 saturated heterocycles. The van der Waals surface area contributed by atoms with E-state index in [1.165, 1.54) is 30.3 Å². The number of benzene rings is 2. The average Bonchev–Trinajstić information content (AvgIpc) is 3.29. The number of aliphatic imine (C=N–C) groups is 1. The zero-order valence-electron chi connectivity index (χ0n) is 20.5. The van der Waals surface area contributed by atoms with E-state index in [4.69, 9.17) is 34.7 Å². The highest BCUT2D eigenvalue weighted by Crippen LogP contribution is 2.25. The van der Waals surface area contributed by atoms with Crippen molar-refractivity contribution in [3.8, 4) is 0 Å². The monoisotopic (exact) mass is 541 g/mol. The summed E-state index contributed by atoms with van der Waals surface area (Å²) in [6.45, 7) is 9.96. The van der Waals surface area contributed by atoms with Gasteiger partial charge in [0.25, 0.3) is 0 Å². The lowest BCUT2D eigenvalue weighted by molar-refractivity contribution is -0.125. The van der Waals surface area contributed by atoms with Crippen molar-refractivity contribution in [1.29, 1.82) is 0 Å². The van der Waals surface area contributed by atoms with E-state index in [0.29, 0.717) is 29.5 Å². The molecule has 2 aromatic rings. The van der Waals surface area contributed by atoms with E-state index >= 15 is 0 Å². The number of nitrogen functional groups attached to an aromatic ring is 1. The third kappa shape index (κ3) is 9.47. The molecular weight excluding hydrogens is 511 g/mol. The lowest BCUT2D eigenvalue weighted by Gasteiger charge is -2.17. The lowest BCUT2D eigenvalue weighted by atomic mass is 10.1. The molecule has 2 amide bonds. The van der Waals surface area contributed by atoms with Crippen LogP contribution in [0.15, 0.2) is 48.0 Å². The van der Waals surface area contributed by atoms with Crippen molar-refractivity contribution in [3.63, 3.8) is 0 Å². The van der Waals surface area contributed by atoms with Crippen LogP contribution >= 0.6 is 23.2 Å². The molecule has 36 heavy (non-hydrogen) atoms. The molecule has 1 atom stereocenters. The summed E-state index contributed by atoms with van der Waals surface area (Å²) in [4.78, 5) is 28.0. The number of carbonyl (C=O) groups excluding carboxylic acids is 2. The molecule has 2 aromatic carbocycles. The fraction of sp³-hybridized carbons (Fsp3) is 0.320. The molecule has 0 radical (unpaired) electrons. The number of rotatable bonds is 6. The Morgan fingerprint density at radius 3 is 2.42 bits per heavy atom. The normalized spacial score (nSPS) is 14.7. The lowest BCUT2D eigenvalue weighted by Crippen LogP contribution is -2.30. The van der Waals surface area contributed by atoms with E-state index < -0.39 is 11.7 Å². The Hall–Kier alpha value is -3.17. The molecule has 7 nitrogen and oxygen atoms in total. The second-order valence-electron chi connectivity index (χ2n) is 7.47. The van der Waals surface area contributed by atoms with Crippen molar-refractivity contribution < 1.29 is 18.4 Å². The first-order valence-electron chi connectivity index (χ1n) is 11.2. The summed E-state index contributed by atoms with van der Waals surface area (Å²) in [6, 6.07) is 6.79. The Morgan fingerprint density at radius 2 is 1.89 bits per heavy atom. The fourth-order valence-corrected chi connectivity index (χ4v) is 3.57. The number of halogens is 4. The van der Waals surface area contributed by atoms with Gasteiger partial charge in [-0.1, -0.05) is 43.6 Å². The van der Waals surface area contributed by atoms with Gasteiger partial charge in [-0.3, -0.25) is 14.6 Å². The third-order valence-electron chi connectivity index (χ3n) is 4.88. The SMILES string of the molecule is C=CC(=O)N1CCC(Nc2cc(N)c(C(C)=NCC(N)=O)c(F)c2)C1.CC.Fc1ccc(Cl)c(Cl)c1.